The van der Waals surface area contributed by atoms with Gasteiger partial charge in [-0.2, -0.15) is 8.78 Å². The minimum Gasteiger partial charge on any atom is -0.345 e. The molecule has 0 aromatic carbocycles. The average molecular weight is 276 g/mol. The molecule has 7 heteroatoms. The molecule has 1 unspecified atom stereocenters. The van der Waals surface area contributed by atoms with E-state index >= 15 is 0 Å². The van der Waals surface area contributed by atoms with Crippen LogP contribution < -0.4 is 0 Å². The molecular weight excluding hydrogens is 258 g/mol. The third kappa shape index (κ3) is 3.20. The summed E-state index contributed by atoms with van der Waals surface area (Å²) < 4.78 is 28.2. The summed E-state index contributed by atoms with van der Waals surface area (Å²) in [5.41, 5.74) is 0. The Morgan fingerprint density at radius 1 is 1.37 bits per heavy atom. The summed E-state index contributed by atoms with van der Waals surface area (Å²) in [7, 11) is 1.69. The number of carbonyl (C=O) groups is 2. The fraction of sp³-hybridized carbons (Fsp3) is 0.833. The summed E-state index contributed by atoms with van der Waals surface area (Å²) >= 11 is 0. The molecule has 0 spiro atoms. The number of alkyl halides is 2. The average Bonchev–Trinajstić information content (AvgIpc) is 2.46. The first kappa shape index (κ1) is 14.2. The van der Waals surface area contributed by atoms with E-state index in [2.05, 4.69) is 4.74 Å². The molecule has 2 saturated heterocycles. The van der Waals surface area contributed by atoms with E-state index < -0.39 is 18.6 Å². The third-order valence-corrected chi connectivity index (χ3v) is 3.66. The van der Waals surface area contributed by atoms with Crippen LogP contribution in [0.4, 0.5) is 8.78 Å². The van der Waals surface area contributed by atoms with E-state index in [-0.39, 0.29) is 24.9 Å². The highest BCUT2D eigenvalue weighted by atomic mass is 19.3. The molecule has 2 aliphatic heterocycles. The summed E-state index contributed by atoms with van der Waals surface area (Å²) in [4.78, 5) is 27.2. The summed E-state index contributed by atoms with van der Waals surface area (Å²) in [6, 6.07) is 0. The number of likely N-dealkylation sites (tertiary alicyclic amines) is 2. The lowest BCUT2D eigenvalue weighted by atomic mass is 9.98. The monoisotopic (exact) mass is 276 g/mol. The molecule has 1 atom stereocenters. The molecule has 0 aromatic heterocycles. The molecule has 0 aromatic rings. The Labute approximate surface area is 110 Å². The molecule has 5 nitrogen and oxygen atoms in total. The van der Waals surface area contributed by atoms with Crippen molar-refractivity contribution in [3.05, 3.63) is 0 Å². The van der Waals surface area contributed by atoms with Gasteiger partial charge in [0, 0.05) is 26.7 Å². The van der Waals surface area contributed by atoms with Gasteiger partial charge in [0.15, 0.2) is 0 Å². The zero-order valence-electron chi connectivity index (χ0n) is 10.8. The molecule has 0 saturated carbocycles. The Hall–Kier alpha value is -1.24. The topological polar surface area (TPSA) is 49.9 Å². The van der Waals surface area contributed by atoms with Crippen molar-refractivity contribution in [2.75, 3.05) is 26.7 Å². The van der Waals surface area contributed by atoms with Crippen LogP contribution in [-0.4, -0.2) is 61.0 Å². The van der Waals surface area contributed by atoms with Crippen molar-refractivity contribution in [3.8, 4) is 0 Å². The van der Waals surface area contributed by atoms with Gasteiger partial charge in [0.2, 0.25) is 11.8 Å². The Bertz CT molecular complexity index is 359. The van der Waals surface area contributed by atoms with E-state index in [0.717, 1.165) is 12.8 Å². The van der Waals surface area contributed by atoms with Crippen molar-refractivity contribution in [3.63, 3.8) is 0 Å². The highest BCUT2D eigenvalue weighted by Gasteiger charge is 2.40. The molecule has 2 rings (SSSR count). The second kappa shape index (κ2) is 5.81. The fourth-order valence-corrected chi connectivity index (χ4v) is 2.50. The number of ether oxygens (including phenoxy) is 1. The number of hydrogen-bond donors (Lipinski definition) is 0. The van der Waals surface area contributed by atoms with Gasteiger partial charge < -0.3 is 14.5 Å². The van der Waals surface area contributed by atoms with Crippen LogP contribution in [0.25, 0.3) is 0 Å². The Morgan fingerprint density at radius 3 is 2.68 bits per heavy atom. The first-order chi connectivity index (χ1) is 8.99. The molecule has 2 fully saturated rings. The van der Waals surface area contributed by atoms with Crippen LogP contribution in [0, 0.1) is 5.92 Å². The molecule has 2 heterocycles. The Balaban J connectivity index is 1.88. The van der Waals surface area contributed by atoms with Crippen LogP contribution in [-0.2, 0) is 14.3 Å². The van der Waals surface area contributed by atoms with Gasteiger partial charge in [0.05, 0.1) is 6.10 Å². The second-order valence-corrected chi connectivity index (χ2v) is 5.07. The first-order valence-electron chi connectivity index (χ1n) is 6.46. The van der Waals surface area contributed by atoms with E-state index in [0.29, 0.717) is 13.0 Å². The van der Waals surface area contributed by atoms with Crippen LogP contribution in [0.1, 0.15) is 19.3 Å². The van der Waals surface area contributed by atoms with Crippen LogP contribution in [0.5, 0.6) is 0 Å². The van der Waals surface area contributed by atoms with Crippen molar-refractivity contribution in [1.82, 2.24) is 9.80 Å². The zero-order chi connectivity index (χ0) is 14.0. The van der Waals surface area contributed by atoms with Crippen LogP contribution in [0.15, 0.2) is 0 Å². The van der Waals surface area contributed by atoms with Gasteiger partial charge in [-0.25, -0.2) is 0 Å². The van der Waals surface area contributed by atoms with Crippen LogP contribution >= 0.6 is 0 Å². The number of halogens is 2. The van der Waals surface area contributed by atoms with Gasteiger partial charge >= 0.3 is 6.61 Å². The number of rotatable bonds is 3. The van der Waals surface area contributed by atoms with Gasteiger partial charge in [-0.15, -0.1) is 0 Å². The van der Waals surface area contributed by atoms with E-state index in [4.69, 9.17) is 0 Å². The largest absolute Gasteiger partial charge is 0.345 e. The quantitative estimate of drug-likeness (QED) is 0.713. The van der Waals surface area contributed by atoms with E-state index in [1.165, 1.54) is 4.90 Å². The van der Waals surface area contributed by atoms with E-state index in [1.54, 1.807) is 11.9 Å². The lowest BCUT2D eigenvalue weighted by Crippen LogP contribution is -2.58. The minimum atomic E-state index is -2.81. The highest BCUT2D eigenvalue weighted by molar-refractivity contribution is 6.00. The summed E-state index contributed by atoms with van der Waals surface area (Å²) in [6.07, 6.45) is 1.65. The lowest BCUT2D eigenvalue weighted by molar-refractivity contribution is -0.200. The van der Waals surface area contributed by atoms with Crippen LogP contribution in [0.2, 0.25) is 0 Å². The minimum absolute atomic E-state index is 0.149. The van der Waals surface area contributed by atoms with Gasteiger partial charge in [-0.05, 0) is 12.8 Å². The van der Waals surface area contributed by atoms with Crippen molar-refractivity contribution in [2.24, 2.45) is 5.92 Å². The highest BCUT2D eigenvalue weighted by Crippen LogP contribution is 2.23. The van der Waals surface area contributed by atoms with Gasteiger partial charge in [-0.3, -0.25) is 9.59 Å². The maximum atomic E-state index is 12.2. The lowest BCUT2D eigenvalue weighted by Gasteiger charge is -2.40. The van der Waals surface area contributed by atoms with E-state index in [9.17, 15) is 18.4 Å². The Kier molecular flexibility index (Phi) is 4.34. The maximum absolute atomic E-state index is 12.2. The summed E-state index contributed by atoms with van der Waals surface area (Å²) in [6.45, 7) is -1.85. The predicted molar refractivity (Wildman–Crippen MR) is 62.4 cm³/mol. The van der Waals surface area contributed by atoms with Gasteiger partial charge in [0.25, 0.3) is 0 Å². The molecule has 0 N–H and O–H groups in total. The van der Waals surface area contributed by atoms with Gasteiger partial charge in [-0.1, -0.05) is 6.42 Å². The van der Waals surface area contributed by atoms with Crippen LogP contribution in [0.3, 0.4) is 0 Å². The number of nitrogens with zero attached hydrogens (tertiary/aromatic N) is 2. The van der Waals surface area contributed by atoms with Crippen molar-refractivity contribution < 1.29 is 23.1 Å². The fourth-order valence-electron chi connectivity index (χ4n) is 2.50. The summed E-state index contributed by atoms with van der Waals surface area (Å²) in [5, 5.41) is 0. The molecular formula is C12H18F2N2O3. The van der Waals surface area contributed by atoms with Crippen molar-refractivity contribution in [2.45, 2.75) is 32.0 Å². The smallest absolute Gasteiger partial charge is 0.345 e. The molecule has 2 amide bonds. The summed E-state index contributed by atoms with van der Waals surface area (Å²) in [5.74, 6) is -1.08. The van der Waals surface area contributed by atoms with E-state index in [1.807, 2.05) is 0 Å². The normalized spacial score (nSPS) is 25.5. The molecule has 2 aliphatic rings. The SMILES string of the molecule is CN1CCCCC(C(=O)N2CC(OC(F)F)C2)C1=O. The molecule has 0 bridgehead atoms. The maximum Gasteiger partial charge on any atom is 0.345 e. The number of amides is 2. The van der Waals surface area contributed by atoms with Crippen molar-refractivity contribution in [1.29, 1.82) is 0 Å². The zero-order valence-corrected chi connectivity index (χ0v) is 10.8. The Morgan fingerprint density at radius 2 is 2.05 bits per heavy atom. The molecule has 108 valence electrons. The molecule has 0 aliphatic carbocycles. The molecule has 19 heavy (non-hydrogen) atoms. The predicted octanol–water partition coefficient (Wildman–Crippen LogP) is 0.695. The first-order valence-corrected chi connectivity index (χ1v) is 6.46. The van der Waals surface area contributed by atoms with Gasteiger partial charge in [0.1, 0.15) is 5.92 Å². The standard InChI is InChI=1S/C12H18F2N2O3/c1-15-5-3-2-4-9(10(15)17)11(18)16-6-8(7-16)19-12(13)14/h8-9,12H,2-7H2,1H3. The third-order valence-electron chi connectivity index (χ3n) is 3.66. The molecule has 0 radical (unpaired) electrons. The second-order valence-electron chi connectivity index (χ2n) is 5.07. The van der Waals surface area contributed by atoms with Crippen molar-refractivity contribution >= 4 is 11.8 Å². The number of carbonyl (C=O) groups excluding carboxylic acids is 2. The number of hydrogen-bond acceptors (Lipinski definition) is 3.